The zero-order valence-electron chi connectivity index (χ0n) is 14.9. The molecular weight excluding hydrogens is 336 g/mol. The summed E-state index contributed by atoms with van der Waals surface area (Å²) >= 11 is 0. The lowest BCUT2D eigenvalue weighted by atomic mass is 10.2. The van der Waals surface area contributed by atoms with Crippen molar-refractivity contribution in [2.45, 2.75) is 13.0 Å². The Morgan fingerprint density at radius 2 is 1.73 bits per heavy atom. The summed E-state index contributed by atoms with van der Waals surface area (Å²) in [6.07, 6.45) is 1.56. The summed E-state index contributed by atoms with van der Waals surface area (Å²) in [7, 11) is 3.71. The Morgan fingerprint density at radius 1 is 1.04 bits per heavy atom. The molecule has 2 rings (SSSR count). The topological polar surface area (TPSA) is 104 Å². The molecule has 0 fully saturated rings. The molecule has 0 saturated carbocycles. The third-order valence-electron chi connectivity index (χ3n) is 3.60. The number of amides is 3. The number of rotatable bonds is 6. The maximum Gasteiger partial charge on any atom is 0.313 e. The largest absolute Gasteiger partial charge is 0.468 e. The molecule has 0 aliphatic rings. The van der Waals surface area contributed by atoms with Crippen molar-refractivity contribution in [3.05, 3.63) is 48.4 Å². The molecule has 1 atom stereocenters. The molecule has 138 valence electrons. The van der Waals surface area contributed by atoms with E-state index in [4.69, 9.17) is 4.42 Å². The minimum atomic E-state index is -0.790. The van der Waals surface area contributed by atoms with Gasteiger partial charge in [0.1, 0.15) is 5.76 Å². The molecule has 2 aromatic rings. The van der Waals surface area contributed by atoms with E-state index in [0.29, 0.717) is 17.1 Å². The number of nitrogens with one attached hydrogen (secondary N) is 3. The van der Waals surface area contributed by atoms with Gasteiger partial charge in [-0.1, -0.05) is 6.07 Å². The highest BCUT2D eigenvalue weighted by Gasteiger charge is 2.20. The van der Waals surface area contributed by atoms with Gasteiger partial charge in [-0.2, -0.15) is 0 Å². The van der Waals surface area contributed by atoms with Crippen LogP contribution in [0.2, 0.25) is 0 Å². The number of carbonyl (C=O) groups excluding carboxylic acids is 3. The Kier molecular flexibility index (Phi) is 6.51. The Bertz CT molecular complexity index is 771. The number of carbonyl (C=O) groups is 3. The lowest BCUT2D eigenvalue weighted by molar-refractivity contribution is -0.136. The summed E-state index contributed by atoms with van der Waals surface area (Å²) in [6, 6.07) is 9.93. The van der Waals surface area contributed by atoms with Gasteiger partial charge in [-0.25, -0.2) is 0 Å². The van der Waals surface area contributed by atoms with Crippen LogP contribution in [-0.2, 0) is 14.4 Å². The van der Waals surface area contributed by atoms with Crippen LogP contribution in [0.5, 0.6) is 0 Å². The molecule has 1 aromatic carbocycles. The zero-order valence-corrected chi connectivity index (χ0v) is 14.9. The van der Waals surface area contributed by atoms with Crippen LogP contribution in [0.15, 0.2) is 47.1 Å². The van der Waals surface area contributed by atoms with Gasteiger partial charge in [0.2, 0.25) is 5.91 Å². The highest BCUT2D eigenvalue weighted by molar-refractivity contribution is 6.39. The summed E-state index contributed by atoms with van der Waals surface area (Å²) in [5.74, 6) is -1.08. The maximum atomic E-state index is 12.1. The van der Waals surface area contributed by atoms with Crippen LogP contribution >= 0.6 is 0 Å². The number of nitrogens with zero attached hydrogens (tertiary/aromatic N) is 1. The van der Waals surface area contributed by atoms with Gasteiger partial charge in [0.15, 0.2) is 0 Å². The second-order valence-electron chi connectivity index (χ2n) is 5.92. The third-order valence-corrected chi connectivity index (χ3v) is 3.60. The van der Waals surface area contributed by atoms with E-state index in [2.05, 4.69) is 16.0 Å². The minimum absolute atomic E-state index is 0.190. The second-order valence-corrected chi connectivity index (χ2v) is 5.92. The molecule has 0 unspecified atom stereocenters. The molecule has 0 saturated heterocycles. The smallest absolute Gasteiger partial charge is 0.313 e. The number of benzene rings is 1. The summed E-state index contributed by atoms with van der Waals surface area (Å²) in [5.41, 5.74) is 0.938. The first-order valence-corrected chi connectivity index (χ1v) is 8.03. The van der Waals surface area contributed by atoms with Crippen LogP contribution in [0.1, 0.15) is 18.7 Å². The van der Waals surface area contributed by atoms with Crippen molar-refractivity contribution in [3.63, 3.8) is 0 Å². The molecule has 1 heterocycles. The SMILES string of the molecule is CC(=O)Nc1cccc(NC(=O)C(=O)NC[C@H](c2ccco2)N(C)C)c1. The molecule has 0 radical (unpaired) electrons. The fourth-order valence-electron chi connectivity index (χ4n) is 2.35. The first kappa shape index (κ1) is 19.2. The summed E-state index contributed by atoms with van der Waals surface area (Å²) < 4.78 is 5.36. The first-order valence-electron chi connectivity index (χ1n) is 8.03. The van der Waals surface area contributed by atoms with Crippen LogP contribution in [-0.4, -0.2) is 43.3 Å². The highest BCUT2D eigenvalue weighted by Crippen LogP contribution is 2.18. The molecule has 3 amide bonds. The van der Waals surface area contributed by atoms with E-state index in [9.17, 15) is 14.4 Å². The molecule has 0 aliphatic carbocycles. The van der Waals surface area contributed by atoms with Gasteiger partial charge in [-0.15, -0.1) is 0 Å². The van der Waals surface area contributed by atoms with E-state index in [1.807, 2.05) is 25.1 Å². The van der Waals surface area contributed by atoms with Crippen LogP contribution in [0, 0.1) is 0 Å². The highest BCUT2D eigenvalue weighted by atomic mass is 16.3. The average molecular weight is 358 g/mol. The van der Waals surface area contributed by atoms with E-state index in [1.165, 1.54) is 6.92 Å². The van der Waals surface area contributed by atoms with Crippen LogP contribution in [0.3, 0.4) is 0 Å². The van der Waals surface area contributed by atoms with Gasteiger partial charge in [0, 0.05) is 24.8 Å². The Labute approximate surface area is 151 Å². The Balaban J connectivity index is 1.93. The van der Waals surface area contributed by atoms with Crippen LogP contribution in [0.4, 0.5) is 11.4 Å². The normalized spacial score (nSPS) is 11.7. The first-order chi connectivity index (χ1) is 12.4. The van der Waals surface area contributed by atoms with Crippen LogP contribution in [0.25, 0.3) is 0 Å². The average Bonchev–Trinajstić information content (AvgIpc) is 3.08. The van der Waals surface area contributed by atoms with E-state index < -0.39 is 11.8 Å². The lowest BCUT2D eigenvalue weighted by Gasteiger charge is -2.22. The molecule has 8 nitrogen and oxygen atoms in total. The summed E-state index contributed by atoms with van der Waals surface area (Å²) in [4.78, 5) is 37.1. The number of anilines is 2. The molecule has 3 N–H and O–H groups in total. The number of hydrogen-bond acceptors (Lipinski definition) is 5. The van der Waals surface area contributed by atoms with Crippen molar-refractivity contribution in [3.8, 4) is 0 Å². The predicted octanol–water partition coefficient (Wildman–Crippen LogP) is 1.60. The quantitative estimate of drug-likeness (QED) is 0.681. The predicted molar refractivity (Wildman–Crippen MR) is 97.5 cm³/mol. The summed E-state index contributed by atoms with van der Waals surface area (Å²) in [6.45, 7) is 1.61. The number of likely N-dealkylation sites (N-methyl/N-ethyl adjacent to an activating group) is 1. The van der Waals surface area contributed by atoms with E-state index in [0.717, 1.165) is 0 Å². The summed E-state index contributed by atoms with van der Waals surface area (Å²) in [5, 5.41) is 7.71. The Hall–Kier alpha value is -3.13. The molecule has 8 heteroatoms. The van der Waals surface area contributed by atoms with E-state index >= 15 is 0 Å². The van der Waals surface area contributed by atoms with Gasteiger partial charge in [0.05, 0.1) is 12.3 Å². The molecule has 0 spiro atoms. The Morgan fingerprint density at radius 3 is 2.31 bits per heavy atom. The number of hydrogen-bond donors (Lipinski definition) is 3. The van der Waals surface area contributed by atoms with Crippen molar-refractivity contribution < 1.29 is 18.8 Å². The number of furan rings is 1. The van der Waals surface area contributed by atoms with E-state index in [1.54, 1.807) is 36.6 Å². The molecule has 0 bridgehead atoms. The van der Waals surface area contributed by atoms with Crippen LogP contribution < -0.4 is 16.0 Å². The van der Waals surface area contributed by atoms with Crippen molar-refractivity contribution in [2.24, 2.45) is 0 Å². The van der Waals surface area contributed by atoms with Crippen molar-refractivity contribution in [1.29, 1.82) is 0 Å². The minimum Gasteiger partial charge on any atom is -0.468 e. The lowest BCUT2D eigenvalue weighted by Crippen LogP contribution is -2.40. The molecule has 1 aromatic heterocycles. The fraction of sp³-hybridized carbons (Fsp3) is 0.278. The third kappa shape index (κ3) is 5.45. The van der Waals surface area contributed by atoms with Crippen molar-refractivity contribution in [2.75, 3.05) is 31.3 Å². The monoisotopic (exact) mass is 358 g/mol. The van der Waals surface area contributed by atoms with Crippen molar-refractivity contribution >= 4 is 29.1 Å². The van der Waals surface area contributed by atoms with Gasteiger partial charge in [-0.05, 0) is 44.4 Å². The molecular formula is C18H22N4O4. The zero-order chi connectivity index (χ0) is 19.1. The van der Waals surface area contributed by atoms with Gasteiger partial charge < -0.3 is 20.4 Å². The van der Waals surface area contributed by atoms with Gasteiger partial charge >= 0.3 is 11.8 Å². The van der Waals surface area contributed by atoms with Crippen molar-refractivity contribution in [1.82, 2.24) is 10.2 Å². The molecule has 26 heavy (non-hydrogen) atoms. The molecule has 0 aliphatic heterocycles. The van der Waals surface area contributed by atoms with Gasteiger partial charge in [0.25, 0.3) is 0 Å². The standard InChI is InChI=1S/C18H22N4O4/c1-12(23)20-13-6-4-7-14(10-13)21-18(25)17(24)19-11-15(22(2)3)16-8-5-9-26-16/h4-10,15H,11H2,1-3H3,(H,19,24)(H,20,23)(H,21,25)/t15-/m1/s1. The maximum absolute atomic E-state index is 12.1. The second kappa shape index (κ2) is 8.82. The van der Waals surface area contributed by atoms with E-state index in [-0.39, 0.29) is 18.5 Å². The fourth-order valence-corrected chi connectivity index (χ4v) is 2.35. The van der Waals surface area contributed by atoms with Gasteiger partial charge in [-0.3, -0.25) is 19.3 Å².